The summed E-state index contributed by atoms with van der Waals surface area (Å²) in [6, 6.07) is 13.4. The van der Waals surface area contributed by atoms with Gasteiger partial charge >= 0.3 is 0 Å². The van der Waals surface area contributed by atoms with Gasteiger partial charge in [-0.15, -0.1) is 0 Å². The van der Waals surface area contributed by atoms with Gasteiger partial charge in [-0.1, -0.05) is 29.8 Å². The number of hydrogen-bond donors (Lipinski definition) is 2. The van der Waals surface area contributed by atoms with Crippen molar-refractivity contribution in [3.05, 3.63) is 65.0 Å². The molecule has 0 aliphatic heterocycles. The number of fused-ring (bicyclic) bond motifs is 1. The monoisotopic (exact) mass is 364 g/mol. The highest BCUT2D eigenvalue weighted by Gasteiger charge is 2.11. The van der Waals surface area contributed by atoms with Gasteiger partial charge in [0.1, 0.15) is 5.82 Å². The van der Waals surface area contributed by atoms with E-state index in [0.29, 0.717) is 18.4 Å². The van der Waals surface area contributed by atoms with Crippen LogP contribution in [0.1, 0.15) is 40.7 Å². The summed E-state index contributed by atoms with van der Waals surface area (Å²) in [6.45, 7) is 6.85. The summed E-state index contributed by atoms with van der Waals surface area (Å²) in [7, 11) is 0. The summed E-state index contributed by atoms with van der Waals surface area (Å²) < 4.78 is 2.09. The zero-order chi connectivity index (χ0) is 19.4. The van der Waals surface area contributed by atoms with Crippen molar-refractivity contribution < 1.29 is 9.59 Å². The van der Waals surface area contributed by atoms with Crippen molar-refractivity contribution in [2.45, 2.75) is 40.2 Å². The third kappa shape index (κ3) is 4.34. The van der Waals surface area contributed by atoms with Crippen LogP contribution in [0.3, 0.4) is 0 Å². The van der Waals surface area contributed by atoms with Crippen molar-refractivity contribution in [2.24, 2.45) is 0 Å². The van der Waals surface area contributed by atoms with Crippen LogP contribution >= 0.6 is 0 Å². The minimum atomic E-state index is -0.357. The van der Waals surface area contributed by atoms with Gasteiger partial charge in [0.15, 0.2) is 0 Å². The number of rotatable bonds is 5. The molecule has 0 aliphatic rings. The SMILES string of the molecule is CCn1c(C)nc2cc(C(=O)NNC(=O)CCc3ccc(C)cc3)ccc21. The lowest BCUT2D eigenvalue weighted by Crippen LogP contribution is -2.41. The number of nitrogens with one attached hydrogen (secondary N) is 2. The van der Waals surface area contributed by atoms with Crippen LogP contribution in [0, 0.1) is 13.8 Å². The van der Waals surface area contributed by atoms with Crippen LogP contribution in [0.2, 0.25) is 0 Å². The van der Waals surface area contributed by atoms with E-state index in [9.17, 15) is 9.59 Å². The van der Waals surface area contributed by atoms with Crippen molar-refractivity contribution in [2.75, 3.05) is 0 Å². The zero-order valence-electron chi connectivity index (χ0n) is 15.9. The summed E-state index contributed by atoms with van der Waals surface area (Å²) in [6.07, 6.45) is 0.935. The van der Waals surface area contributed by atoms with Crippen molar-refractivity contribution in [1.29, 1.82) is 0 Å². The minimum absolute atomic E-state index is 0.226. The Kier molecular flexibility index (Phi) is 5.54. The second-order valence-electron chi connectivity index (χ2n) is 6.59. The number of aromatic nitrogens is 2. The lowest BCUT2D eigenvalue weighted by atomic mass is 10.1. The van der Waals surface area contributed by atoms with E-state index in [4.69, 9.17) is 0 Å². The molecule has 0 radical (unpaired) electrons. The number of benzene rings is 2. The van der Waals surface area contributed by atoms with Gasteiger partial charge in [-0.3, -0.25) is 20.4 Å². The van der Waals surface area contributed by atoms with E-state index in [1.165, 1.54) is 5.56 Å². The first kappa shape index (κ1) is 18.6. The number of imidazole rings is 1. The summed E-state index contributed by atoms with van der Waals surface area (Å²) in [5, 5.41) is 0. The van der Waals surface area contributed by atoms with Crippen LogP contribution in [0.25, 0.3) is 11.0 Å². The molecule has 1 aromatic heterocycles. The summed E-state index contributed by atoms with van der Waals surface area (Å²) >= 11 is 0. The Bertz CT molecular complexity index is 974. The van der Waals surface area contributed by atoms with Crippen LogP contribution in [-0.2, 0) is 17.8 Å². The van der Waals surface area contributed by atoms with Gasteiger partial charge in [-0.2, -0.15) is 0 Å². The van der Waals surface area contributed by atoms with E-state index < -0.39 is 0 Å². The summed E-state index contributed by atoms with van der Waals surface area (Å²) in [4.78, 5) is 28.8. The number of carbonyl (C=O) groups excluding carboxylic acids is 2. The number of aryl methyl sites for hydroxylation is 4. The second kappa shape index (κ2) is 8.03. The van der Waals surface area contributed by atoms with Crippen molar-refractivity contribution >= 4 is 22.8 Å². The largest absolute Gasteiger partial charge is 0.329 e. The molecule has 3 aromatic rings. The third-order valence-electron chi connectivity index (χ3n) is 4.59. The molecule has 27 heavy (non-hydrogen) atoms. The molecule has 3 rings (SSSR count). The topological polar surface area (TPSA) is 76.0 Å². The predicted molar refractivity (Wildman–Crippen MR) is 105 cm³/mol. The molecule has 140 valence electrons. The molecule has 0 fully saturated rings. The predicted octanol–water partition coefficient (Wildman–Crippen LogP) is 3.07. The minimum Gasteiger partial charge on any atom is -0.329 e. The Balaban J connectivity index is 1.56. The zero-order valence-corrected chi connectivity index (χ0v) is 15.9. The van der Waals surface area contributed by atoms with Crippen LogP contribution in [0.15, 0.2) is 42.5 Å². The van der Waals surface area contributed by atoms with Gasteiger partial charge in [-0.05, 0) is 51.0 Å². The van der Waals surface area contributed by atoms with Gasteiger partial charge in [-0.25, -0.2) is 4.98 Å². The number of hydrazine groups is 1. The van der Waals surface area contributed by atoms with Gasteiger partial charge in [0.2, 0.25) is 5.91 Å². The van der Waals surface area contributed by atoms with E-state index >= 15 is 0 Å². The normalized spacial score (nSPS) is 10.8. The summed E-state index contributed by atoms with van der Waals surface area (Å²) in [5.74, 6) is 0.329. The Morgan fingerprint density at radius 2 is 1.78 bits per heavy atom. The highest BCUT2D eigenvalue weighted by molar-refractivity contribution is 5.98. The first-order valence-electron chi connectivity index (χ1n) is 9.09. The maximum atomic E-state index is 12.3. The fraction of sp³-hybridized carbons (Fsp3) is 0.286. The molecule has 0 spiro atoms. The fourth-order valence-electron chi connectivity index (χ4n) is 3.06. The summed E-state index contributed by atoms with van der Waals surface area (Å²) in [5.41, 5.74) is 9.45. The first-order chi connectivity index (χ1) is 13.0. The van der Waals surface area contributed by atoms with Gasteiger partial charge < -0.3 is 4.57 Å². The Hall–Kier alpha value is -3.15. The number of nitrogens with zero attached hydrogens (tertiary/aromatic N) is 2. The molecule has 6 nitrogen and oxygen atoms in total. The molecule has 0 saturated heterocycles. The molecule has 0 aliphatic carbocycles. The van der Waals surface area contributed by atoms with E-state index in [-0.39, 0.29) is 11.8 Å². The van der Waals surface area contributed by atoms with Gasteiger partial charge in [0.25, 0.3) is 5.91 Å². The van der Waals surface area contributed by atoms with Gasteiger partial charge in [0.05, 0.1) is 11.0 Å². The van der Waals surface area contributed by atoms with Crippen LogP contribution in [-0.4, -0.2) is 21.4 Å². The maximum absolute atomic E-state index is 12.3. The van der Waals surface area contributed by atoms with Crippen LogP contribution in [0.4, 0.5) is 0 Å². The molecule has 1 heterocycles. The molecule has 0 bridgehead atoms. The smallest absolute Gasteiger partial charge is 0.269 e. The molecule has 6 heteroatoms. The average Bonchev–Trinajstić information content (AvgIpc) is 2.99. The highest BCUT2D eigenvalue weighted by Crippen LogP contribution is 2.17. The van der Waals surface area contributed by atoms with Crippen molar-refractivity contribution in [1.82, 2.24) is 20.4 Å². The van der Waals surface area contributed by atoms with Gasteiger partial charge in [0, 0.05) is 18.5 Å². The van der Waals surface area contributed by atoms with E-state index in [0.717, 1.165) is 29.0 Å². The Labute approximate surface area is 158 Å². The molecule has 0 unspecified atom stereocenters. The van der Waals surface area contributed by atoms with E-state index in [2.05, 4.69) is 27.3 Å². The van der Waals surface area contributed by atoms with E-state index in [1.54, 1.807) is 12.1 Å². The molecule has 2 N–H and O–H groups in total. The number of carbonyl (C=O) groups is 2. The Morgan fingerprint density at radius 3 is 2.48 bits per heavy atom. The molecule has 0 atom stereocenters. The first-order valence-corrected chi connectivity index (χ1v) is 9.09. The molecule has 0 saturated carbocycles. The quantitative estimate of drug-likeness (QED) is 0.683. The lowest BCUT2D eigenvalue weighted by molar-refractivity contribution is -0.121. The molecule has 2 amide bonds. The Morgan fingerprint density at radius 1 is 1.04 bits per heavy atom. The second-order valence-corrected chi connectivity index (χ2v) is 6.59. The van der Waals surface area contributed by atoms with Crippen LogP contribution < -0.4 is 10.9 Å². The number of amides is 2. The van der Waals surface area contributed by atoms with Crippen LogP contribution in [0.5, 0.6) is 0 Å². The molecular formula is C21H24N4O2. The lowest BCUT2D eigenvalue weighted by Gasteiger charge is -2.08. The van der Waals surface area contributed by atoms with Crippen molar-refractivity contribution in [3.63, 3.8) is 0 Å². The molecule has 2 aromatic carbocycles. The maximum Gasteiger partial charge on any atom is 0.269 e. The third-order valence-corrected chi connectivity index (χ3v) is 4.59. The average molecular weight is 364 g/mol. The molecular weight excluding hydrogens is 340 g/mol. The fourth-order valence-corrected chi connectivity index (χ4v) is 3.06. The standard InChI is InChI=1S/C21H24N4O2/c1-4-25-15(3)22-18-13-17(10-11-19(18)25)21(27)24-23-20(26)12-9-16-7-5-14(2)6-8-16/h5-8,10-11,13H,4,9,12H2,1-3H3,(H,23,26)(H,24,27). The van der Waals surface area contributed by atoms with Crippen molar-refractivity contribution in [3.8, 4) is 0 Å². The van der Waals surface area contributed by atoms with E-state index in [1.807, 2.05) is 44.2 Å². The number of hydrogen-bond acceptors (Lipinski definition) is 3. The highest BCUT2D eigenvalue weighted by atomic mass is 16.2.